The Bertz CT molecular complexity index is 931. The Labute approximate surface area is 135 Å². The van der Waals surface area contributed by atoms with Crippen molar-refractivity contribution in [1.29, 1.82) is 0 Å². The molecule has 1 aromatic carbocycles. The van der Waals surface area contributed by atoms with E-state index in [4.69, 9.17) is 5.73 Å². The van der Waals surface area contributed by atoms with Crippen molar-refractivity contribution in [2.24, 2.45) is 0 Å². The van der Waals surface area contributed by atoms with Crippen molar-refractivity contribution >= 4 is 11.5 Å². The van der Waals surface area contributed by atoms with Crippen LogP contribution in [0.5, 0.6) is 5.75 Å². The van der Waals surface area contributed by atoms with Crippen LogP contribution in [0, 0.1) is 0 Å². The summed E-state index contributed by atoms with van der Waals surface area (Å²) in [6.45, 7) is 0. The summed E-state index contributed by atoms with van der Waals surface area (Å²) in [6, 6.07) is 4.76. The van der Waals surface area contributed by atoms with E-state index in [2.05, 4.69) is 14.9 Å². The second kappa shape index (κ2) is 5.53. The summed E-state index contributed by atoms with van der Waals surface area (Å²) in [5.41, 5.74) is 4.17. The topological polar surface area (TPSA) is 65.4 Å². The third-order valence-electron chi connectivity index (χ3n) is 3.28. The molecule has 0 aliphatic rings. The summed E-state index contributed by atoms with van der Waals surface area (Å²) in [7, 11) is 0. The zero-order chi connectivity index (χ0) is 18.4. The molecule has 0 atom stereocenters. The highest BCUT2D eigenvalue weighted by atomic mass is 19.4. The molecule has 0 radical (unpaired) electrons. The van der Waals surface area contributed by atoms with Crippen LogP contribution in [0.4, 0.5) is 32.3 Å². The minimum absolute atomic E-state index is 0.0334. The van der Waals surface area contributed by atoms with Gasteiger partial charge in [0.2, 0.25) is 5.95 Å². The van der Waals surface area contributed by atoms with Crippen molar-refractivity contribution in [3.05, 3.63) is 42.1 Å². The van der Waals surface area contributed by atoms with E-state index >= 15 is 0 Å². The van der Waals surface area contributed by atoms with Gasteiger partial charge < -0.3 is 10.5 Å². The first kappa shape index (κ1) is 16.9. The molecule has 132 valence electrons. The van der Waals surface area contributed by atoms with Crippen LogP contribution in [0.15, 0.2) is 36.5 Å². The van der Waals surface area contributed by atoms with Crippen molar-refractivity contribution in [2.45, 2.75) is 12.5 Å². The fourth-order valence-corrected chi connectivity index (χ4v) is 2.27. The highest BCUT2D eigenvalue weighted by Gasteiger charge is 2.36. The molecule has 3 aromatic rings. The van der Waals surface area contributed by atoms with E-state index in [0.717, 1.165) is 6.07 Å². The highest BCUT2D eigenvalue weighted by Crippen LogP contribution is 2.39. The average Bonchev–Trinajstić information content (AvgIpc) is 2.96. The molecule has 25 heavy (non-hydrogen) atoms. The van der Waals surface area contributed by atoms with Gasteiger partial charge in [-0.3, -0.25) is 4.40 Å². The summed E-state index contributed by atoms with van der Waals surface area (Å²) in [4.78, 5) is 0. The van der Waals surface area contributed by atoms with Gasteiger partial charge in [-0.25, -0.2) is 0 Å². The van der Waals surface area contributed by atoms with Gasteiger partial charge in [-0.15, -0.1) is 23.4 Å². The average molecular weight is 362 g/mol. The number of anilines is 1. The molecule has 0 aliphatic heterocycles. The van der Waals surface area contributed by atoms with Crippen LogP contribution in [0.2, 0.25) is 0 Å². The number of alkyl halides is 6. The predicted molar refractivity (Wildman–Crippen MR) is 74.5 cm³/mol. The van der Waals surface area contributed by atoms with Gasteiger partial charge in [-0.1, -0.05) is 0 Å². The van der Waals surface area contributed by atoms with E-state index < -0.39 is 23.9 Å². The molecule has 0 saturated carbocycles. The van der Waals surface area contributed by atoms with Crippen LogP contribution in [0.1, 0.15) is 5.56 Å². The fourth-order valence-electron chi connectivity index (χ4n) is 2.27. The van der Waals surface area contributed by atoms with Crippen LogP contribution in [0.3, 0.4) is 0 Å². The van der Waals surface area contributed by atoms with E-state index in [1.54, 1.807) is 0 Å². The maximum atomic E-state index is 12.8. The molecule has 2 aromatic heterocycles. The molecule has 0 saturated heterocycles. The summed E-state index contributed by atoms with van der Waals surface area (Å²) >= 11 is 0. The van der Waals surface area contributed by atoms with Crippen molar-refractivity contribution < 1.29 is 31.1 Å². The highest BCUT2D eigenvalue weighted by molar-refractivity contribution is 5.81. The molecule has 0 aliphatic carbocycles. The van der Waals surface area contributed by atoms with Gasteiger partial charge in [0.05, 0.1) is 11.1 Å². The summed E-state index contributed by atoms with van der Waals surface area (Å²) in [6.07, 6.45) is -8.53. The molecule has 2 N–H and O–H groups in total. The van der Waals surface area contributed by atoms with E-state index in [0.29, 0.717) is 6.07 Å². The number of rotatable bonds is 2. The second-order valence-corrected chi connectivity index (χ2v) is 4.93. The van der Waals surface area contributed by atoms with E-state index in [1.807, 2.05) is 0 Å². The molecule has 2 heterocycles. The molecule has 0 amide bonds. The van der Waals surface area contributed by atoms with E-state index in [1.165, 1.54) is 22.7 Å². The maximum Gasteiger partial charge on any atom is 0.573 e. The first-order chi connectivity index (χ1) is 11.6. The molecule has 0 spiro atoms. The van der Waals surface area contributed by atoms with Gasteiger partial charge >= 0.3 is 12.5 Å². The molecular weight excluding hydrogens is 354 g/mol. The van der Waals surface area contributed by atoms with Gasteiger partial charge in [-0.2, -0.15) is 13.2 Å². The molecule has 0 unspecified atom stereocenters. The largest absolute Gasteiger partial charge is 0.573 e. The van der Waals surface area contributed by atoms with Gasteiger partial charge in [-0.05, 0) is 30.3 Å². The predicted octanol–water partition coefficient (Wildman–Crippen LogP) is 3.90. The Morgan fingerprint density at radius 3 is 2.36 bits per heavy atom. The van der Waals surface area contributed by atoms with Crippen molar-refractivity contribution in [2.75, 3.05) is 5.73 Å². The lowest BCUT2D eigenvalue weighted by Gasteiger charge is -2.16. The minimum atomic E-state index is -5.18. The monoisotopic (exact) mass is 362 g/mol. The zero-order valence-electron chi connectivity index (χ0n) is 12.1. The number of aromatic nitrogens is 3. The lowest BCUT2D eigenvalue weighted by atomic mass is 10.1. The number of hydrogen-bond donors (Lipinski definition) is 1. The number of nitrogens with two attached hydrogens (primary N) is 1. The smallest absolute Gasteiger partial charge is 0.405 e. The van der Waals surface area contributed by atoms with Gasteiger partial charge in [0.1, 0.15) is 11.4 Å². The molecule has 5 nitrogen and oxygen atoms in total. The van der Waals surface area contributed by atoms with E-state index in [-0.39, 0.29) is 28.8 Å². The number of benzene rings is 1. The summed E-state index contributed by atoms with van der Waals surface area (Å²) in [5, 5.41) is 7.30. The quantitative estimate of drug-likeness (QED) is 0.703. The van der Waals surface area contributed by atoms with Gasteiger partial charge in [0.15, 0.2) is 0 Å². The normalized spacial score (nSPS) is 12.6. The molecular formula is C14H8F6N4O. The Hall–Kier alpha value is -2.98. The SMILES string of the molecule is Nc1nnc(-c2ccc(C(F)(F)F)cc2OC(F)(F)F)c2cccn12. The number of ether oxygens (including phenoxy) is 1. The third-order valence-corrected chi connectivity index (χ3v) is 3.28. The van der Waals surface area contributed by atoms with E-state index in [9.17, 15) is 26.3 Å². The third kappa shape index (κ3) is 3.30. The molecule has 0 fully saturated rings. The van der Waals surface area contributed by atoms with Gasteiger partial charge in [0, 0.05) is 11.8 Å². The zero-order valence-corrected chi connectivity index (χ0v) is 12.1. The summed E-state index contributed by atoms with van der Waals surface area (Å²) in [5.74, 6) is -1.07. The lowest BCUT2D eigenvalue weighted by molar-refractivity contribution is -0.274. The molecule has 0 bridgehead atoms. The minimum Gasteiger partial charge on any atom is -0.405 e. The number of hydrogen-bond acceptors (Lipinski definition) is 4. The first-order valence-corrected chi connectivity index (χ1v) is 6.63. The second-order valence-electron chi connectivity index (χ2n) is 4.93. The van der Waals surface area contributed by atoms with Crippen LogP contribution in [0.25, 0.3) is 16.8 Å². The maximum absolute atomic E-state index is 12.8. The van der Waals surface area contributed by atoms with Crippen LogP contribution in [-0.4, -0.2) is 21.0 Å². The van der Waals surface area contributed by atoms with Crippen LogP contribution in [-0.2, 0) is 6.18 Å². The van der Waals surface area contributed by atoms with Crippen LogP contribution < -0.4 is 10.5 Å². The lowest BCUT2D eigenvalue weighted by Crippen LogP contribution is -2.18. The Morgan fingerprint density at radius 1 is 1.00 bits per heavy atom. The number of fused-ring (bicyclic) bond motifs is 1. The number of halogens is 6. The summed E-state index contributed by atoms with van der Waals surface area (Å²) < 4.78 is 81.4. The van der Waals surface area contributed by atoms with Crippen molar-refractivity contribution in [3.63, 3.8) is 0 Å². The van der Waals surface area contributed by atoms with Crippen molar-refractivity contribution in [1.82, 2.24) is 14.6 Å². The van der Waals surface area contributed by atoms with Gasteiger partial charge in [0.25, 0.3) is 0 Å². The fraction of sp³-hybridized carbons (Fsp3) is 0.143. The Kier molecular flexibility index (Phi) is 3.73. The Morgan fingerprint density at radius 2 is 1.72 bits per heavy atom. The molecule has 11 heteroatoms. The number of nitrogens with zero attached hydrogens (tertiary/aromatic N) is 3. The first-order valence-electron chi connectivity index (χ1n) is 6.63. The number of nitrogen functional groups attached to an aromatic ring is 1. The standard InChI is InChI=1S/C14H8F6N4O/c15-13(16,17)7-3-4-8(10(6-7)25-14(18,19)20)11-9-2-1-5-24(9)12(21)23-22-11/h1-6H,(H2,21,23). The Balaban J connectivity index is 2.24. The van der Waals surface area contributed by atoms with Crippen LogP contribution >= 0.6 is 0 Å². The van der Waals surface area contributed by atoms with Crippen molar-refractivity contribution in [3.8, 4) is 17.0 Å². The molecule has 3 rings (SSSR count).